The van der Waals surface area contributed by atoms with E-state index in [4.69, 9.17) is 4.52 Å². The van der Waals surface area contributed by atoms with Gasteiger partial charge in [-0.1, -0.05) is 31.8 Å². The van der Waals surface area contributed by atoms with Crippen molar-refractivity contribution < 1.29 is 14.4 Å². The van der Waals surface area contributed by atoms with Crippen LogP contribution < -0.4 is 5.32 Å². The van der Waals surface area contributed by atoms with Crippen LogP contribution in [0.25, 0.3) is 11.1 Å². The summed E-state index contributed by atoms with van der Waals surface area (Å²) < 4.78 is 5.28. The van der Waals surface area contributed by atoms with Crippen LogP contribution in [0.3, 0.4) is 0 Å². The Labute approximate surface area is 141 Å². The Balaban J connectivity index is 1.95. The molecule has 0 aromatic carbocycles. The van der Waals surface area contributed by atoms with Crippen LogP contribution in [0.5, 0.6) is 0 Å². The molecule has 1 aliphatic rings. The van der Waals surface area contributed by atoms with Gasteiger partial charge in [0.25, 0.3) is 11.6 Å². The molecule has 24 heavy (non-hydrogen) atoms. The van der Waals surface area contributed by atoms with E-state index in [0.29, 0.717) is 22.4 Å². The Kier molecular flexibility index (Phi) is 4.85. The van der Waals surface area contributed by atoms with Crippen molar-refractivity contribution in [2.45, 2.75) is 58.4 Å². The molecule has 6 heteroatoms. The SMILES string of the molecule is Cc1noc2nc(C(C)C)cc(C(=O)N[C@H]3CCCC[C@H]3CO)c12. The van der Waals surface area contributed by atoms with E-state index in [1.807, 2.05) is 26.8 Å². The first-order valence-electron chi connectivity index (χ1n) is 8.70. The molecular weight excluding hydrogens is 306 g/mol. The largest absolute Gasteiger partial charge is 0.396 e. The highest BCUT2D eigenvalue weighted by Gasteiger charge is 2.28. The third-order valence-electron chi connectivity index (χ3n) is 4.93. The van der Waals surface area contributed by atoms with Crippen molar-refractivity contribution in [1.29, 1.82) is 0 Å². The summed E-state index contributed by atoms with van der Waals surface area (Å²) in [5.74, 6) is 0.181. The number of aliphatic hydroxyl groups is 1. The van der Waals surface area contributed by atoms with Crippen LogP contribution in [-0.4, -0.2) is 33.8 Å². The Morgan fingerprint density at radius 1 is 1.42 bits per heavy atom. The fourth-order valence-electron chi connectivity index (χ4n) is 3.45. The maximum Gasteiger partial charge on any atom is 0.259 e. The number of amides is 1. The van der Waals surface area contributed by atoms with Crippen LogP contribution in [0, 0.1) is 12.8 Å². The monoisotopic (exact) mass is 331 g/mol. The number of fused-ring (bicyclic) bond motifs is 1. The predicted octanol–water partition coefficient (Wildman–Crippen LogP) is 2.94. The van der Waals surface area contributed by atoms with Gasteiger partial charge >= 0.3 is 0 Å². The first-order chi connectivity index (χ1) is 11.5. The summed E-state index contributed by atoms with van der Waals surface area (Å²) in [6, 6.07) is 1.85. The number of carbonyl (C=O) groups is 1. The van der Waals surface area contributed by atoms with Gasteiger partial charge in [0.1, 0.15) is 0 Å². The lowest BCUT2D eigenvalue weighted by Crippen LogP contribution is -2.43. The van der Waals surface area contributed by atoms with E-state index < -0.39 is 0 Å². The van der Waals surface area contributed by atoms with Gasteiger partial charge < -0.3 is 14.9 Å². The van der Waals surface area contributed by atoms with Crippen LogP contribution in [0.15, 0.2) is 10.6 Å². The van der Waals surface area contributed by atoms with E-state index in [9.17, 15) is 9.90 Å². The zero-order chi connectivity index (χ0) is 17.3. The van der Waals surface area contributed by atoms with Crippen LogP contribution >= 0.6 is 0 Å². The van der Waals surface area contributed by atoms with Crippen molar-refractivity contribution >= 4 is 17.0 Å². The van der Waals surface area contributed by atoms with Gasteiger partial charge in [-0.05, 0) is 31.7 Å². The van der Waals surface area contributed by atoms with Gasteiger partial charge in [0.2, 0.25) is 0 Å². The molecule has 1 saturated carbocycles. The van der Waals surface area contributed by atoms with Crippen molar-refractivity contribution in [1.82, 2.24) is 15.5 Å². The maximum absolute atomic E-state index is 12.9. The quantitative estimate of drug-likeness (QED) is 0.899. The molecule has 2 aromatic heterocycles. The smallest absolute Gasteiger partial charge is 0.259 e. The van der Waals surface area contributed by atoms with Crippen molar-refractivity contribution in [3.8, 4) is 0 Å². The van der Waals surface area contributed by atoms with E-state index in [1.165, 1.54) is 0 Å². The summed E-state index contributed by atoms with van der Waals surface area (Å²) in [5.41, 5.74) is 2.45. The van der Waals surface area contributed by atoms with E-state index in [1.54, 1.807) is 0 Å². The molecule has 2 aromatic rings. The highest BCUT2D eigenvalue weighted by Crippen LogP contribution is 2.27. The molecule has 0 saturated heterocycles. The normalized spacial score (nSPS) is 21.4. The van der Waals surface area contributed by atoms with E-state index in [2.05, 4.69) is 15.5 Å². The number of rotatable bonds is 4. The van der Waals surface area contributed by atoms with Gasteiger partial charge in [0.05, 0.1) is 16.6 Å². The number of nitrogens with one attached hydrogen (secondary N) is 1. The third-order valence-corrected chi connectivity index (χ3v) is 4.93. The van der Waals surface area contributed by atoms with Gasteiger partial charge in [-0.3, -0.25) is 4.79 Å². The number of nitrogens with zero attached hydrogens (tertiary/aromatic N) is 2. The average molecular weight is 331 g/mol. The predicted molar refractivity (Wildman–Crippen MR) is 90.9 cm³/mol. The summed E-state index contributed by atoms with van der Waals surface area (Å²) in [6.07, 6.45) is 4.05. The molecule has 1 aliphatic carbocycles. The molecule has 6 nitrogen and oxygen atoms in total. The van der Waals surface area contributed by atoms with Crippen LogP contribution in [-0.2, 0) is 0 Å². The number of hydrogen-bond acceptors (Lipinski definition) is 5. The number of aliphatic hydroxyl groups excluding tert-OH is 1. The molecule has 130 valence electrons. The lowest BCUT2D eigenvalue weighted by molar-refractivity contribution is 0.0874. The molecule has 1 amide bonds. The van der Waals surface area contributed by atoms with Crippen LogP contribution in [0.1, 0.15) is 67.2 Å². The summed E-state index contributed by atoms with van der Waals surface area (Å²) in [4.78, 5) is 17.4. The fourth-order valence-corrected chi connectivity index (χ4v) is 3.45. The molecule has 1 fully saturated rings. The number of hydrogen-bond donors (Lipinski definition) is 2. The molecule has 2 N–H and O–H groups in total. The second-order valence-corrected chi connectivity index (χ2v) is 7.00. The Bertz CT molecular complexity index is 738. The average Bonchev–Trinajstić information content (AvgIpc) is 2.95. The lowest BCUT2D eigenvalue weighted by atomic mass is 9.85. The summed E-state index contributed by atoms with van der Waals surface area (Å²) in [5, 5.41) is 17.3. The first-order valence-corrected chi connectivity index (χ1v) is 8.70. The summed E-state index contributed by atoms with van der Waals surface area (Å²) in [6.45, 7) is 5.99. The minimum absolute atomic E-state index is 0.0159. The molecule has 2 heterocycles. The van der Waals surface area contributed by atoms with E-state index in [0.717, 1.165) is 31.4 Å². The van der Waals surface area contributed by atoms with Crippen molar-refractivity contribution in [3.05, 3.63) is 23.0 Å². The third kappa shape index (κ3) is 3.15. The molecular formula is C18H25N3O3. The highest BCUT2D eigenvalue weighted by atomic mass is 16.5. The second kappa shape index (κ2) is 6.89. The van der Waals surface area contributed by atoms with Gasteiger partial charge in [-0.2, -0.15) is 0 Å². The molecule has 0 unspecified atom stereocenters. The number of carbonyl (C=O) groups excluding carboxylic acids is 1. The summed E-state index contributed by atoms with van der Waals surface area (Å²) in [7, 11) is 0. The lowest BCUT2D eigenvalue weighted by Gasteiger charge is -2.31. The minimum Gasteiger partial charge on any atom is -0.396 e. The topological polar surface area (TPSA) is 88.2 Å². The number of aryl methyl sites for hydroxylation is 1. The first kappa shape index (κ1) is 16.9. The number of pyridine rings is 1. The van der Waals surface area contributed by atoms with Crippen molar-refractivity contribution in [2.75, 3.05) is 6.61 Å². The van der Waals surface area contributed by atoms with Crippen molar-refractivity contribution in [2.24, 2.45) is 5.92 Å². The molecule has 0 aliphatic heterocycles. The van der Waals surface area contributed by atoms with Crippen LogP contribution in [0.2, 0.25) is 0 Å². The Morgan fingerprint density at radius 2 is 2.17 bits per heavy atom. The van der Waals surface area contributed by atoms with Gasteiger partial charge in [0, 0.05) is 24.3 Å². The standard InChI is InChI=1S/C18H25N3O3/c1-10(2)15-8-13(16-11(3)21-24-18(16)20-15)17(23)19-14-7-5-4-6-12(14)9-22/h8,10,12,14,22H,4-7,9H2,1-3H3,(H,19,23)/t12-,14-/m0/s1. The zero-order valence-corrected chi connectivity index (χ0v) is 14.5. The molecule has 2 atom stereocenters. The van der Waals surface area contributed by atoms with E-state index in [-0.39, 0.29) is 30.4 Å². The molecule has 0 radical (unpaired) electrons. The number of aromatic nitrogens is 2. The second-order valence-electron chi connectivity index (χ2n) is 7.00. The summed E-state index contributed by atoms with van der Waals surface area (Å²) >= 11 is 0. The Hall–Kier alpha value is -1.95. The van der Waals surface area contributed by atoms with Crippen LogP contribution in [0.4, 0.5) is 0 Å². The minimum atomic E-state index is -0.138. The maximum atomic E-state index is 12.9. The van der Waals surface area contributed by atoms with Crippen molar-refractivity contribution in [3.63, 3.8) is 0 Å². The highest BCUT2D eigenvalue weighted by molar-refractivity contribution is 6.06. The van der Waals surface area contributed by atoms with Gasteiger partial charge in [0.15, 0.2) is 0 Å². The van der Waals surface area contributed by atoms with Gasteiger partial charge in [-0.15, -0.1) is 0 Å². The van der Waals surface area contributed by atoms with Gasteiger partial charge in [-0.25, -0.2) is 4.98 Å². The zero-order valence-electron chi connectivity index (χ0n) is 14.5. The molecule has 3 rings (SSSR count). The molecule has 0 bridgehead atoms. The fraction of sp³-hybridized carbons (Fsp3) is 0.611. The van der Waals surface area contributed by atoms with E-state index >= 15 is 0 Å². The Morgan fingerprint density at radius 3 is 2.88 bits per heavy atom. The molecule has 0 spiro atoms.